The van der Waals surface area contributed by atoms with Gasteiger partial charge in [-0.25, -0.2) is 8.78 Å². The van der Waals surface area contributed by atoms with Crippen LogP contribution < -0.4 is 0 Å². The lowest BCUT2D eigenvalue weighted by molar-refractivity contribution is 0.150. The van der Waals surface area contributed by atoms with E-state index in [1.165, 1.54) is 18.5 Å². The molecular weight excluding hydrogens is 148 g/mol. The minimum absolute atomic E-state index is 0.0995. The predicted molar refractivity (Wildman–Crippen MR) is 38.6 cm³/mol. The van der Waals surface area contributed by atoms with Gasteiger partial charge < -0.3 is 0 Å². The van der Waals surface area contributed by atoms with Gasteiger partial charge in [0.15, 0.2) is 0 Å². The summed E-state index contributed by atoms with van der Waals surface area (Å²) in [6, 6.07) is 1.36. The summed E-state index contributed by atoms with van der Waals surface area (Å²) in [6.45, 7) is 1.84. The smallest absolute Gasteiger partial charge is 0.264 e. The van der Waals surface area contributed by atoms with Crippen molar-refractivity contribution in [3.63, 3.8) is 0 Å². The highest BCUT2D eigenvalue weighted by molar-refractivity contribution is 5.23. The normalized spacial score (nSPS) is 10.5. The van der Waals surface area contributed by atoms with Crippen LogP contribution in [0.5, 0.6) is 0 Å². The van der Waals surface area contributed by atoms with Gasteiger partial charge in [0, 0.05) is 18.0 Å². The molecule has 60 valence electrons. The lowest BCUT2D eigenvalue weighted by Crippen LogP contribution is -1.93. The second-order valence-electron chi connectivity index (χ2n) is 2.23. The third-order valence-corrected chi connectivity index (χ3v) is 1.56. The SMILES string of the molecule is CCc1cnccc1C(F)F. The molecule has 11 heavy (non-hydrogen) atoms. The van der Waals surface area contributed by atoms with Gasteiger partial charge in [-0.05, 0) is 18.1 Å². The van der Waals surface area contributed by atoms with Crippen LogP contribution in [0.3, 0.4) is 0 Å². The van der Waals surface area contributed by atoms with E-state index in [4.69, 9.17) is 0 Å². The van der Waals surface area contributed by atoms with E-state index in [2.05, 4.69) is 4.98 Å². The molecule has 0 radical (unpaired) electrons. The van der Waals surface area contributed by atoms with Gasteiger partial charge in [0.05, 0.1) is 0 Å². The summed E-state index contributed by atoms with van der Waals surface area (Å²) in [6.07, 6.45) is 1.10. The largest absolute Gasteiger partial charge is 0.264 e. The molecule has 0 aliphatic rings. The van der Waals surface area contributed by atoms with Crippen LogP contribution in [0.4, 0.5) is 8.78 Å². The number of aromatic nitrogens is 1. The summed E-state index contributed by atoms with van der Waals surface area (Å²) in [4.78, 5) is 3.77. The topological polar surface area (TPSA) is 12.9 Å². The zero-order valence-electron chi connectivity index (χ0n) is 6.22. The van der Waals surface area contributed by atoms with E-state index in [0.717, 1.165) is 0 Å². The summed E-state index contributed by atoms with van der Waals surface area (Å²) in [5.41, 5.74) is 0.727. The van der Waals surface area contributed by atoms with Crippen LogP contribution in [-0.4, -0.2) is 4.98 Å². The van der Waals surface area contributed by atoms with Crippen LogP contribution >= 0.6 is 0 Å². The van der Waals surface area contributed by atoms with Crippen molar-refractivity contribution in [2.45, 2.75) is 19.8 Å². The fourth-order valence-corrected chi connectivity index (χ4v) is 0.946. The van der Waals surface area contributed by atoms with E-state index < -0.39 is 6.43 Å². The van der Waals surface area contributed by atoms with Gasteiger partial charge in [-0.3, -0.25) is 4.98 Å². The average Bonchev–Trinajstić information content (AvgIpc) is 2.04. The molecule has 1 rings (SSSR count). The molecule has 0 aromatic carbocycles. The van der Waals surface area contributed by atoms with Crippen molar-refractivity contribution >= 4 is 0 Å². The Morgan fingerprint density at radius 3 is 2.73 bits per heavy atom. The highest BCUT2D eigenvalue weighted by atomic mass is 19.3. The standard InChI is InChI=1S/C8H9F2N/c1-2-6-5-11-4-3-7(6)8(9)10/h3-5,8H,2H2,1H3. The predicted octanol–water partition coefficient (Wildman–Crippen LogP) is 2.58. The highest BCUT2D eigenvalue weighted by Crippen LogP contribution is 2.21. The molecule has 0 N–H and O–H groups in total. The number of rotatable bonds is 2. The maximum absolute atomic E-state index is 12.2. The summed E-state index contributed by atoms with van der Waals surface area (Å²) in [5, 5.41) is 0. The molecule has 1 heterocycles. The van der Waals surface area contributed by atoms with Crippen molar-refractivity contribution in [2.24, 2.45) is 0 Å². The Morgan fingerprint density at radius 1 is 1.55 bits per heavy atom. The van der Waals surface area contributed by atoms with Gasteiger partial charge in [0.1, 0.15) is 0 Å². The first kappa shape index (κ1) is 8.11. The van der Waals surface area contributed by atoms with E-state index >= 15 is 0 Å². The number of pyridine rings is 1. The fourth-order valence-electron chi connectivity index (χ4n) is 0.946. The number of hydrogen-bond acceptors (Lipinski definition) is 1. The lowest BCUT2D eigenvalue weighted by atomic mass is 10.1. The molecule has 0 amide bonds. The first-order valence-corrected chi connectivity index (χ1v) is 3.46. The minimum Gasteiger partial charge on any atom is -0.264 e. The molecule has 0 spiro atoms. The van der Waals surface area contributed by atoms with Gasteiger partial charge in [-0.2, -0.15) is 0 Å². The van der Waals surface area contributed by atoms with Crippen LogP contribution in [0.1, 0.15) is 24.5 Å². The Hall–Kier alpha value is -0.990. The molecular formula is C8H9F2N. The second-order valence-corrected chi connectivity index (χ2v) is 2.23. The maximum Gasteiger partial charge on any atom is 0.264 e. The molecule has 1 aromatic heterocycles. The lowest BCUT2D eigenvalue weighted by Gasteiger charge is -2.03. The number of hydrogen-bond donors (Lipinski definition) is 0. The van der Waals surface area contributed by atoms with Crippen molar-refractivity contribution in [1.82, 2.24) is 4.98 Å². The molecule has 0 aliphatic heterocycles. The Kier molecular flexibility index (Phi) is 2.52. The zero-order chi connectivity index (χ0) is 8.27. The summed E-state index contributed by atoms with van der Waals surface area (Å²) in [7, 11) is 0. The molecule has 3 heteroatoms. The molecule has 0 aliphatic carbocycles. The molecule has 0 saturated carbocycles. The summed E-state index contributed by atoms with van der Waals surface area (Å²) < 4.78 is 24.4. The van der Waals surface area contributed by atoms with Crippen molar-refractivity contribution in [3.8, 4) is 0 Å². The Morgan fingerprint density at radius 2 is 2.27 bits per heavy atom. The quantitative estimate of drug-likeness (QED) is 0.643. The minimum atomic E-state index is -2.38. The van der Waals surface area contributed by atoms with Gasteiger partial charge in [-0.15, -0.1) is 0 Å². The fraction of sp³-hybridized carbons (Fsp3) is 0.375. The third-order valence-electron chi connectivity index (χ3n) is 1.56. The van der Waals surface area contributed by atoms with Crippen LogP contribution in [0.25, 0.3) is 0 Å². The number of nitrogens with zero attached hydrogens (tertiary/aromatic N) is 1. The Labute approximate surface area is 64.1 Å². The Balaban J connectivity index is 3.02. The summed E-state index contributed by atoms with van der Waals surface area (Å²) in [5.74, 6) is 0. The number of alkyl halides is 2. The molecule has 0 fully saturated rings. The van der Waals surface area contributed by atoms with Crippen LogP contribution in [-0.2, 0) is 6.42 Å². The molecule has 0 unspecified atom stereocenters. The second kappa shape index (κ2) is 3.42. The molecule has 0 atom stereocenters. The zero-order valence-corrected chi connectivity index (χ0v) is 6.22. The van der Waals surface area contributed by atoms with E-state index in [1.54, 1.807) is 0 Å². The van der Waals surface area contributed by atoms with Crippen molar-refractivity contribution < 1.29 is 8.78 Å². The van der Waals surface area contributed by atoms with E-state index in [0.29, 0.717) is 12.0 Å². The summed E-state index contributed by atoms with van der Waals surface area (Å²) >= 11 is 0. The van der Waals surface area contributed by atoms with Crippen molar-refractivity contribution in [3.05, 3.63) is 29.6 Å². The van der Waals surface area contributed by atoms with Crippen molar-refractivity contribution in [2.75, 3.05) is 0 Å². The van der Waals surface area contributed by atoms with E-state index in [9.17, 15) is 8.78 Å². The van der Waals surface area contributed by atoms with Crippen molar-refractivity contribution in [1.29, 1.82) is 0 Å². The third kappa shape index (κ3) is 1.73. The van der Waals surface area contributed by atoms with Gasteiger partial charge in [0.2, 0.25) is 0 Å². The molecule has 0 bridgehead atoms. The van der Waals surface area contributed by atoms with Gasteiger partial charge in [-0.1, -0.05) is 6.92 Å². The van der Waals surface area contributed by atoms with E-state index in [-0.39, 0.29) is 5.56 Å². The van der Waals surface area contributed by atoms with Gasteiger partial charge >= 0.3 is 0 Å². The monoisotopic (exact) mass is 157 g/mol. The Bertz CT molecular complexity index is 235. The number of aryl methyl sites for hydroxylation is 1. The molecule has 1 nitrogen and oxygen atoms in total. The first-order valence-electron chi connectivity index (χ1n) is 3.46. The average molecular weight is 157 g/mol. The van der Waals surface area contributed by atoms with E-state index in [1.807, 2.05) is 6.92 Å². The maximum atomic E-state index is 12.2. The highest BCUT2D eigenvalue weighted by Gasteiger charge is 2.10. The number of halogens is 2. The van der Waals surface area contributed by atoms with Crippen LogP contribution in [0.15, 0.2) is 18.5 Å². The van der Waals surface area contributed by atoms with Gasteiger partial charge in [0.25, 0.3) is 6.43 Å². The molecule has 1 aromatic rings. The molecule has 0 saturated heterocycles. The van der Waals surface area contributed by atoms with Crippen LogP contribution in [0.2, 0.25) is 0 Å². The van der Waals surface area contributed by atoms with Crippen LogP contribution in [0, 0.1) is 0 Å². The first-order chi connectivity index (χ1) is 5.25.